The molecule has 1 aliphatic heterocycles. The Balaban J connectivity index is 1.34. The van der Waals surface area contributed by atoms with E-state index in [0.29, 0.717) is 0 Å². The van der Waals surface area contributed by atoms with Crippen LogP contribution in [0.4, 0.5) is 0 Å². The highest BCUT2D eigenvalue weighted by Crippen LogP contribution is 2.33. The van der Waals surface area contributed by atoms with Crippen LogP contribution in [-0.2, 0) is 0 Å². The summed E-state index contributed by atoms with van der Waals surface area (Å²) in [7, 11) is 0. The highest BCUT2D eigenvalue weighted by atomic mass is 15.3. The van der Waals surface area contributed by atoms with Crippen molar-refractivity contribution in [2.75, 3.05) is 26.2 Å². The number of aryl methyl sites for hydroxylation is 3. The first kappa shape index (κ1) is 23.5. The molecule has 0 amide bonds. The fourth-order valence-corrected chi connectivity index (χ4v) is 5.46. The number of hydrogen-bond donors (Lipinski definition) is 1. The van der Waals surface area contributed by atoms with Crippen molar-refractivity contribution in [2.24, 2.45) is 0 Å². The van der Waals surface area contributed by atoms with Crippen molar-refractivity contribution in [1.82, 2.24) is 19.8 Å². The summed E-state index contributed by atoms with van der Waals surface area (Å²) in [5.41, 5.74) is 8.85. The number of piperazine rings is 1. The van der Waals surface area contributed by atoms with Crippen LogP contribution < -0.4 is 0 Å². The molecule has 5 rings (SSSR count). The third kappa shape index (κ3) is 5.09. The van der Waals surface area contributed by atoms with E-state index in [4.69, 9.17) is 4.98 Å². The number of benzene rings is 3. The van der Waals surface area contributed by atoms with Crippen LogP contribution in [0.5, 0.6) is 0 Å². The van der Waals surface area contributed by atoms with Gasteiger partial charge in [-0.25, -0.2) is 4.98 Å². The molecule has 1 atom stereocenters. The molecular formula is C31H36N4. The van der Waals surface area contributed by atoms with Gasteiger partial charge in [0.05, 0.1) is 17.8 Å². The summed E-state index contributed by atoms with van der Waals surface area (Å²) in [6.45, 7) is 12.9. The first-order chi connectivity index (χ1) is 17.0. The van der Waals surface area contributed by atoms with Crippen molar-refractivity contribution in [1.29, 1.82) is 0 Å². The lowest BCUT2D eigenvalue weighted by molar-refractivity contribution is 0.0826. The molecule has 4 nitrogen and oxygen atoms in total. The molecule has 180 valence electrons. The lowest BCUT2D eigenvalue weighted by Crippen LogP contribution is -2.48. The van der Waals surface area contributed by atoms with Gasteiger partial charge in [0.2, 0.25) is 0 Å². The molecule has 4 aromatic rings. The Kier molecular flexibility index (Phi) is 6.85. The fourth-order valence-electron chi connectivity index (χ4n) is 5.46. The topological polar surface area (TPSA) is 35.2 Å². The maximum atomic E-state index is 5.01. The second kappa shape index (κ2) is 10.2. The molecule has 1 aliphatic rings. The van der Waals surface area contributed by atoms with Gasteiger partial charge < -0.3 is 4.98 Å². The maximum absolute atomic E-state index is 5.01. The molecule has 1 fully saturated rings. The minimum absolute atomic E-state index is 0.280. The van der Waals surface area contributed by atoms with E-state index in [1.165, 1.54) is 22.3 Å². The third-order valence-corrected chi connectivity index (χ3v) is 7.34. The van der Waals surface area contributed by atoms with E-state index in [1.54, 1.807) is 0 Å². The van der Waals surface area contributed by atoms with E-state index in [-0.39, 0.29) is 12.1 Å². The molecule has 1 N–H and O–H groups in total. The zero-order valence-corrected chi connectivity index (χ0v) is 21.3. The van der Waals surface area contributed by atoms with Gasteiger partial charge in [0.15, 0.2) is 0 Å². The van der Waals surface area contributed by atoms with Crippen molar-refractivity contribution >= 4 is 0 Å². The molecule has 0 bridgehead atoms. The largest absolute Gasteiger partial charge is 0.342 e. The van der Waals surface area contributed by atoms with Crippen LogP contribution in [0, 0.1) is 20.8 Å². The molecule has 3 aromatic carbocycles. The molecule has 1 aromatic heterocycles. The monoisotopic (exact) mass is 464 g/mol. The van der Waals surface area contributed by atoms with Gasteiger partial charge in [0.1, 0.15) is 5.82 Å². The normalized spacial score (nSPS) is 16.0. The number of hydrogen-bond acceptors (Lipinski definition) is 3. The molecule has 4 heteroatoms. The molecule has 0 saturated carbocycles. The first-order valence-corrected chi connectivity index (χ1v) is 12.7. The summed E-state index contributed by atoms with van der Waals surface area (Å²) in [6, 6.07) is 29.0. The summed E-state index contributed by atoms with van der Waals surface area (Å²) in [5, 5.41) is 0. The van der Waals surface area contributed by atoms with Gasteiger partial charge >= 0.3 is 0 Å². The molecule has 0 spiro atoms. The Morgan fingerprint density at radius 1 is 0.714 bits per heavy atom. The Morgan fingerprint density at radius 3 is 1.86 bits per heavy atom. The van der Waals surface area contributed by atoms with Crippen molar-refractivity contribution in [3.8, 4) is 11.4 Å². The van der Waals surface area contributed by atoms with Gasteiger partial charge in [0, 0.05) is 37.4 Å². The smallest absolute Gasteiger partial charge is 0.137 e. The number of imidazole rings is 1. The Hall–Kier alpha value is -3.21. The van der Waals surface area contributed by atoms with Crippen molar-refractivity contribution < 1.29 is 0 Å². The summed E-state index contributed by atoms with van der Waals surface area (Å²) in [4.78, 5) is 13.8. The van der Waals surface area contributed by atoms with Crippen LogP contribution in [0.1, 0.15) is 52.6 Å². The van der Waals surface area contributed by atoms with Crippen molar-refractivity contribution in [2.45, 2.75) is 39.8 Å². The van der Waals surface area contributed by atoms with E-state index < -0.39 is 0 Å². The SMILES string of the molecule is Cc1cccc(C(c2cccc(C)c2)N2CCN(C(C)c3nc(-c4ccccc4)[nH]c3C)CC2)c1. The van der Waals surface area contributed by atoms with Gasteiger partial charge in [-0.3, -0.25) is 9.80 Å². The van der Waals surface area contributed by atoms with Crippen LogP contribution in [0.3, 0.4) is 0 Å². The minimum Gasteiger partial charge on any atom is -0.342 e. The summed E-state index contributed by atoms with van der Waals surface area (Å²) in [6.07, 6.45) is 0. The zero-order valence-electron chi connectivity index (χ0n) is 21.3. The van der Waals surface area contributed by atoms with E-state index >= 15 is 0 Å². The zero-order chi connectivity index (χ0) is 24.4. The van der Waals surface area contributed by atoms with E-state index in [1.807, 2.05) is 6.07 Å². The lowest BCUT2D eigenvalue weighted by Gasteiger charge is -2.41. The third-order valence-electron chi connectivity index (χ3n) is 7.34. The average molecular weight is 465 g/mol. The number of H-pyrrole nitrogens is 1. The summed E-state index contributed by atoms with van der Waals surface area (Å²) in [5.74, 6) is 0.961. The van der Waals surface area contributed by atoms with Crippen molar-refractivity contribution in [3.05, 3.63) is 113 Å². The van der Waals surface area contributed by atoms with E-state index in [0.717, 1.165) is 49.0 Å². The predicted octanol–water partition coefficient (Wildman–Crippen LogP) is 6.47. The molecule has 0 radical (unpaired) electrons. The second-order valence-corrected chi connectivity index (χ2v) is 9.94. The number of aromatic nitrogens is 2. The second-order valence-electron chi connectivity index (χ2n) is 9.94. The van der Waals surface area contributed by atoms with E-state index in [2.05, 4.69) is 115 Å². The van der Waals surface area contributed by atoms with Crippen LogP contribution >= 0.6 is 0 Å². The number of aromatic amines is 1. The predicted molar refractivity (Wildman–Crippen MR) is 145 cm³/mol. The molecule has 1 unspecified atom stereocenters. The number of nitrogens with one attached hydrogen (secondary N) is 1. The molecule has 0 aliphatic carbocycles. The molecule has 2 heterocycles. The Morgan fingerprint density at radius 2 is 1.29 bits per heavy atom. The van der Waals surface area contributed by atoms with Gasteiger partial charge in [-0.2, -0.15) is 0 Å². The Labute approximate surface area is 209 Å². The highest BCUT2D eigenvalue weighted by molar-refractivity contribution is 5.55. The lowest BCUT2D eigenvalue weighted by atomic mass is 9.94. The quantitative estimate of drug-likeness (QED) is 0.355. The van der Waals surface area contributed by atoms with Crippen molar-refractivity contribution in [3.63, 3.8) is 0 Å². The van der Waals surface area contributed by atoms with E-state index in [9.17, 15) is 0 Å². The van der Waals surface area contributed by atoms with Crippen LogP contribution in [0.2, 0.25) is 0 Å². The molecule has 35 heavy (non-hydrogen) atoms. The van der Waals surface area contributed by atoms with Gasteiger partial charge in [0.25, 0.3) is 0 Å². The molecule has 1 saturated heterocycles. The van der Waals surface area contributed by atoms with Gasteiger partial charge in [-0.05, 0) is 38.8 Å². The van der Waals surface area contributed by atoms with Crippen LogP contribution in [-0.4, -0.2) is 45.9 Å². The Bertz CT molecular complexity index is 1220. The average Bonchev–Trinajstić information content (AvgIpc) is 3.26. The summed E-state index contributed by atoms with van der Waals surface area (Å²) < 4.78 is 0. The van der Waals surface area contributed by atoms with Crippen LogP contribution in [0.15, 0.2) is 78.9 Å². The highest BCUT2D eigenvalue weighted by Gasteiger charge is 2.30. The van der Waals surface area contributed by atoms with Gasteiger partial charge in [-0.15, -0.1) is 0 Å². The standard InChI is InChI=1S/C31H36N4/c1-22-10-8-14-27(20-22)30(28-15-9-11-23(2)21-28)35-18-16-34(17-19-35)25(4)29-24(3)32-31(33-29)26-12-6-5-7-13-26/h5-15,20-21,25,30H,16-19H2,1-4H3,(H,32,33). The number of rotatable bonds is 6. The van der Waals surface area contributed by atoms with Gasteiger partial charge in [-0.1, -0.05) is 90.0 Å². The minimum atomic E-state index is 0.280. The summed E-state index contributed by atoms with van der Waals surface area (Å²) >= 11 is 0. The maximum Gasteiger partial charge on any atom is 0.137 e. The first-order valence-electron chi connectivity index (χ1n) is 12.7. The molecular weight excluding hydrogens is 428 g/mol. The fraction of sp³-hybridized carbons (Fsp3) is 0.323. The number of nitrogens with zero attached hydrogens (tertiary/aromatic N) is 3. The van der Waals surface area contributed by atoms with Crippen LogP contribution in [0.25, 0.3) is 11.4 Å².